The molecule has 1 rings (SSSR count). The first-order valence-corrected chi connectivity index (χ1v) is 7.09. The van der Waals surface area contributed by atoms with Crippen LogP contribution >= 0.6 is 11.8 Å². The molecule has 1 atom stereocenters. The number of carbonyl (C=O) groups is 1. The summed E-state index contributed by atoms with van der Waals surface area (Å²) in [5.74, 6) is 2.49. The predicted molar refractivity (Wildman–Crippen MR) is 70.8 cm³/mol. The SMILES string of the molecule is CN(CC(C)(C)C)C(=O)CC1CSCCN1. The fourth-order valence-corrected chi connectivity index (χ4v) is 2.87. The second-order valence-electron chi connectivity index (χ2n) is 5.74. The Hall–Kier alpha value is -0.220. The van der Waals surface area contributed by atoms with Gasteiger partial charge >= 0.3 is 0 Å². The van der Waals surface area contributed by atoms with Crippen LogP contribution in [0, 0.1) is 5.41 Å². The standard InChI is InChI=1S/C12H24N2OS/c1-12(2,3)9-14(4)11(15)7-10-8-16-6-5-13-10/h10,13H,5-9H2,1-4H3. The van der Waals surface area contributed by atoms with Crippen molar-refractivity contribution in [1.29, 1.82) is 0 Å². The van der Waals surface area contributed by atoms with Crippen LogP contribution in [-0.4, -0.2) is 48.5 Å². The highest BCUT2D eigenvalue weighted by molar-refractivity contribution is 7.99. The Labute approximate surface area is 103 Å². The van der Waals surface area contributed by atoms with Gasteiger partial charge in [-0.15, -0.1) is 0 Å². The number of carbonyl (C=O) groups excluding carboxylic acids is 1. The topological polar surface area (TPSA) is 32.3 Å². The van der Waals surface area contributed by atoms with Gasteiger partial charge in [0, 0.05) is 44.1 Å². The first-order valence-electron chi connectivity index (χ1n) is 5.93. The van der Waals surface area contributed by atoms with Gasteiger partial charge in [-0.05, 0) is 5.41 Å². The maximum atomic E-state index is 12.0. The van der Waals surface area contributed by atoms with Crippen LogP contribution in [0.4, 0.5) is 0 Å². The van der Waals surface area contributed by atoms with Crippen molar-refractivity contribution in [2.24, 2.45) is 5.41 Å². The third-order valence-electron chi connectivity index (χ3n) is 2.56. The highest BCUT2D eigenvalue weighted by Gasteiger charge is 2.21. The van der Waals surface area contributed by atoms with Crippen LogP contribution in [0.5, 0.6) is 0 Å². The third kappa shape index (κ3) is 5.21. The second-order valence-corrected chi connectivity index (χ2v) is 6.89. The molecule has 0 aromatic heterocycles. The lowest BCUT2D eigenvalue weighted by atomic mass is 9.96. The molecule has 0 aromatic rings. The van der Waals surface area contributed by atoms with Crippen LogP contribution in [-0.2, 0) is 4.79 Å². The van der Waals surface area contributed by atoms with Gasteiger partial charge < -0.3 is 10.2 Å². The number of nitrogens with zero attached hydrogens (tertiary/aromatic N) is 1. The lowest BCUT2D eigenvalue weighted by Crippen LogP contribution is -2.43. The summed E-state index contributed by atoms with van der Waals surface area (Å²) in [6.45, 7) is 8.33. The van der Waals surface area contributed by atoms with Crippen LogP contribution in [0.1, 0.15) is 27.2 Å². The fraction of sp³-hybridized carbons (Fsp3) is 0.917. The molecule has 1 fully saturated rings. The number of hydrogen-bond donors (Lipinski definition) is 1. The molecule has 0 radical (unpaired) electrons. The molecule has 1 aliphatic rings. The van der Waals surface area contributed by atoms with E-state index < -0.39 is 0 Å². The third-order valence-corrected chi connectivity index (χ3v) is 3.69. The van der Waals surface area contributed by atoms with E-state index in [1.54, 1.807) is 0 Å². The first-order chi connectivity index (χ1) is 7.38. The van der Waals surface area contributed by atoms with Gasteiger partial charge in [-0.2, -0.15) is 11.8 Å². The van der Waals surface area contributed by atoms with E-state index in [2.05, 4.69) is 26.1 Å². The zero-order valence-electron chi connectivity index (χ0n) is 10.9. The van der Waals surface area contributed by atoms with Crippen LogP contribution in [0.2, 0.25) is 0 Å². The average Bonchev–Trinajstić information content (AvgIpc) is 2.16. The largest absolute Gasteiger partial charge is 0.345 e. The molecule has 16 heavy (non-hydrogen) atoms. The maximum absolute atomic E-state index is 12.0. The van der Waals surface area contributed by atoms with Crippen LogP contribution in [0.15, 0.2) is 0 Å². The van der Waals surface area contributed by atoms with Crippen LogP contribution in [0.25, 0.3) is 0 Å². The normalized spacial score (nSPS) is 21.9. The van der Waals surface area contributed by atoms with Crippen LogP contribution < -0.4 is 5.32 Å². The van der Waals surface area contributed by atoms with E-state index in [-0.39, 0.29) is 11.3 Å². The van der Waals surface area contributed by atoms with E-state index in [4.69, 9.17) is 0 Å². The average molecular weight is 244 g/mol. The Morgan fingerprint density at radius 1 is 1.50 bits per heavy atom. The molecule has 0 spiro atoms. The molecular formula is C12H24N2OS. The summed E-state index contributed by atoms with van der Waals surface area (Å²) in [7, 11) is 1.91. The van der Waals surface area contributed by atoms with Crippen molar-refractivity contribution in [3.63, 3.8) is 0 Å². The maximum Gasteiger partial charge on any atom is 0.223 e. The van der Waals surface area contributed by atoms with Gasteiger partial charge in [0.25, 0.3) is 0 Å². The predicted octanol–water partition coefficient (Wildman–Crippen LogP) is 1.59. The molecule has 1 amide bonds. The first kappa shape index (κ1) is 13.8. The summed E-state index contributed by atoms with van der Waals surface area (Å²) in [6.07, 6.45) is 0.638. The van der Waals surface area contributed by atoms with Crippen molar-refractivity contribution >= 4 is 17.7 Å². The Morgan fingerprint density at radius 3 is 2.69 bits per heavy atom. The van der Waals surface area contributed by atoms with Gasteiger partial charge in [0.2, 0.25) is 5.91 Å². The Morgan fingerprint density at radius 2 is 2.19 bits per heavy atom. The summed E-state index contributed by atoms with van der Waals surface area (Å²) in [5, 5.41) is 3.40. The summed E-state index contributed by atoms with van der Waals surface area (Å²) in [6, 6.07) is 0.369. The van der Waals surface area contributed by atoms with E-state index in [9.17, 15) is 4.79 Å². The van der Waals surface area contributed by atoms with Crippen molar-refractivity contribution in [2.75, 3.05) is 31.6 Å². The highest BCUT2D eigenvalue weighted by atomic mass is 32.2. The van der Waals surface area contributed by atoms with Gasteiger partial charge in [0.15, 0.2) is 0 Å². The van der Waals surface area contributed by atoms with E-state index in [0.29, 0.717) is 12.5 Å². The Balaban J connectivity index is 2.33. The molecular weight excluding hydrogens is 220 g/mol. The summed E-state index contributed by atoms with van der Waals surface area (Å²) >= 11 is 1.94. The zero-order valence-corrected chi connectivity index (χ0v) is 11.7. The number of hydrogen-bond acceptors (Lipinski definition) is 3. The number of amides is 1. The van der Waals surface area contributed by atoms with E-state index >= 15 is 0 Å². The summed E-state index contributed by atoms with van der Waals surface area (Å²) < 4.78 is 0. The molecule has 4 heteroatoms. The van der Waals surface area contributed by atoms with E-state index in [0.717, 1.165) is 18.8 Å². The number of nitrogens with one attached hydrogen (secondary N) is 1. The molecule has 0 saturated carbocycles. The Kier molecular flexibility index (Phi) is 5.12. The minimum atomic E-state index is 0.180. The molecule has 94 valence electrons. The van der Waals surface area contributed by atoms with Crippen molar-refractivity contribution < 1.29 is 4.79 Å². The molecule has 1 heterocycles. The van der Waals surface area contributed by atoms with Crippen LogP contribution in [0.3, 0.4) is 0 Å². The van der Waals surface area contributed by atoms with Crippen molar-refractivity contribution in [2.45, 2.75) is 33.2 Å². The smallest absolute Gasteiger partial charge is 0.223 e. The molecule has 1 unspecified atom stereocenters. The lowest BCUT2D eigenvalue weighted by Gasteiger charge is -2.29. The van der Waals surface area contributed by atoms with Crippen molar-refractivity contribution in [3.8, 4) is 0 Å². The zero-order chi connectivity index (χ0) is 12.2. The van der Waals surface area contributed by atoms with Gasteiger partial charge in [-0.1, -0.05) is 20.8 Å². The Bertz CT molecular complexity index is 232. The van der Waals surface area contributed by atoms with Gasteiger partial charge in [-0.25, -0.2) is 0 Å². The second kappa shape index (κ2) is 5.92. The van der Waals surface area contributed by atoms with E-state index in [1.165, 1.54) is 5.75 Å². The monoisotopic (exact) mass is 244 g/mol. The van der Waals surface area contributed by atoms with E-state index in [1.807, 2.05) is 23.7 Å². The fourth-order valence-electron chi connectivity index (χ4n) is 1.92. The molecule has 3 nitrogen and oxygen atoms in total. The van der Waals surface area contributed by atoms with Gasteiger partial charge in [0.1, 0.15) is 0 Å². The van der Waals surface area contributed by atoms with Crippen molar-refractivity contribution in [1.82, 2.24) is 10.2 Å². The quantitative estimate of drug-likeness (QED) is 0.818. The molecule has 0 aromatic carbocycles. The molecule has 1 N–H and O–H groups in total. The number of thioether (sulfide) groups is 1. The molecule has 1 aliphatic heterocycles. The molecule has 0 bridgehead atoms. The van der Waals surface area contributed by atoms with Gasteiger partial charge in [-0.3, -0.25) is 4.79 Å². The van der Waals surface area contributed by atoms with Crippen molar-refractivity contribution in [3.05, 3.63) is 0 Å². The molecule has 1 saturated heterocycles. The number of rotatable bonds is 3. The lowest BCUT2D eigenvalue weighted by molar-refractivity contribution is -0.131. The minimum absolute atomic E-state index is 0.180. The minimum Gasteiger partial charge on any atom is -0.345 e. The highest BCUT2D eigenvalue weighted by Crippen LogP contribution is 2.16. The molecule has 0 aliphatic carbocycles. The van der Waals surface area contributed by atoms with Gasteiger partial charge in [0.05, 0.1) is 0 Å². The summed E-state index contributed by atoms with van der Waals surface area (Å²) in [5.41, 5.74) is 0.180. The summed E-state index contributed by atoms with van der Waals surface area (Å²) in [4.78, 5) is 13.8.